The van der Waals surface area contributed by atoms with Gasteiger partial charge < -0.3 is 14.9 Å². The maximum absolute atomic E-state index is 12.7. The first kappa shape index (κ1) is 22.6. The van der Waals surface area contributed by atoms with Gasteiger partial charge in [-0.3, -0.25) is 9.78 Å². The average Bonchev–Trinajstić information content (AvgIpc) is 2.68. The predicted octanol–water partition coefficient (Wildman–Crippen LogP) is 4.02. The van der Waals surface area contributed by atoms with Gasteiger partial charge in [-0.15, -0.1) is 18.2 Å². The molecule has 0 aliphatic heterocycles. The fourth-order valence-electron chi connectivity index (χ4n) is 2.33. The number of nitrogens with one attached hydrogen (secondary N) is 1. The Labute approximate surface area is 179 Å². The number of pyridine rings is 1. The number of hydrogen-bond acceptors (Lipinski definition) is 6. The molecule has 1 amide bonds. The zero-order valence-corrected chi connectivity index (χ0v) is 18.0. The van der Waals surface area contributed by atoms with E-state index >= 15 is 0 Å². The van der Waals surface area contributed by atoms with Crippen LogP contribution in [0.3, 0.4) is 0 Å². The number of halogens is 1. The van der Waals surface area contributed by atoms with Crippen LogP contribution in [-0.2, 0) is 9.63 Å². The zero-order chi connectivity index (χ0) is 21.4. The standard InChI is InChI=1S/C21H22ClN3O3S/c1-6-8-27-24-13-21(3,4)25-19(26)20(29-5)28-16-10-15-9-14(7-2)12-23-18(15)17(22)11-16/h2,6,9-13,20H,1,8H2,3-5H3,(H,25,26)/b24-13-. The van der Waals surface area contributed by atoms with Gasteiger partial charge in [0.15, 0.2) is 0 Å². The SMILES string of the molecule is C#Cc1cnc2c(Cl)cc(OC(SC)C(=O)NC(C)(C)/C=N\OCC=C)cc2c1. The summed E-state index contributed by atoms with van der Waals surface area (Å²) in [4.78, 5) is 21.9. The number of carbonyl (C=O) groups excluding carboxylic acids is 1. The molecule has 8 heteroatoms. The Kier molecular flexibility index (Phi) is 7.94. The van der Waals surface area contributed by atoms with Crippen molar-refractivity contribution in [3.05, 3.63) is 47.6 Å². The molecule has 1 N–H and O–H groups in total. The van der Waals surface area contributed by atoms with Crippen LogP contribution < -0.4 is 10.1 Å². The van der Waals surface area contributed by atoms with Gasteiger partial charge in [0.25, 0.3) is 5.91 Å². The molecule has 2 rings (SSSR count). The lowest BCUT2D eigenvalue weighted by Crippen LogP contribution is -2.49. The van der Waals surface area contributed by atoms with E-state index < -0.39 is 11.0 Å². The van der Waals surface area contributed by atoms with Crippen molar-refractivity contribution in [2.75, 3.05) is 12.9 Å². The van der Waals surface area contributed by atoms with Gasteiger partial charge in [0.05, 0.1) is 22.3 Å². The summed E-state index contributed by atoms with van der Waals surface area (Å²) >= 11 is 7.56. The molecule has 1 aromatic heterocycles. The lowest BCUT2D eigenvalue weighted by molar-refractivity contribution is -0.125. The molecule has 1 atom stereocenters. The molecule has 0 aliphatic carbocycles. The summed E-state index contributed by atoms with van der Waals surface area (Å²) < 4.78 is 5.87. The number of amides is 1. The fourth-order valence-corrected chi connectivity index (χ4v) is 3.08. The van der Waals surface area contributed by atoms with Gasteiger partial charge in [-0.25, -0.2) is 0 Å². The summed E-state index contributed by atoms with van der Waals surface area (Å²) in [6.45, 7) is 7.42. The number of terminal acetylenes is 1. The van der Waals surface area contributed by atoms with Crippen LogP contribution in [0.5, 0.6) is 5.75 Å². The Morgan fingerprint density at radius 2 is 2.28 bits per heavy atom. The Morgan fingerprint density at radius 1 is 1.52 bits per heavy atom. The van der Waals surface area contributed by atoms with Crippen LogP contribution in [0.15, 0.2) is 42.2 Å². The van der Waals surface area contributed by atoms with E-state index in [0.29, 0.717) is 21.9 Å². The third-order valence-corrected chi connectivity index (χ3v) is 4.66. The number of carbonyl (C=O) groups is 1. The van der Waals surface area contributed by atoms with Crippen LogP contribution in [0, 0.1) is 12.3 Å². The Morgan fingerprint density at radius 3 is 2.93 bits per heavy atom. The van der Waals surface area contributed by atoms with Gasteiger partial charge >= 0.3 is 0 Å². The lowest BCUT2D eigenvalue weighted by atomic mass is 10.1. The summed E-state index contributed by atoms with van der Waals surface area (Å²) in [6.07, 6.45) is 11.9. The van der Waals surface area contributed by atoms with Gasteiger partial charge in [-0.05, 0) is 32.2 Å². The maximum atomic E-state index is 12.7. The molecule has 0 saturated carbocycles. The molecule has 1 aromatic carbocycles. The van der Waals surface area contributed by atoms with Crippen LogP contribution in [-0.4, -0.2) is 40.9 Å². The van der Waals surface area contributed by atoms with Gasteiger partial charge in [-0.1, -0.05) is 35.3 Å². The fraction of sp³-hybridized carbons (Fsp3) is 0.286. The first-order valence-electron chi connectivity index (χ1n) is 8.64. The highest BCUT2D eigenvalue weighted by Crippen LogP contribution is 2.29. The first-order chi connectivity index (χ1) is 13.8. The van der Waals surface area contributed by atoms with Crippen molar-refractivity contribution in [2.24, 2.45) is 5.16 Å². The van der Waals surface area contributed by atoms with Crippen molar-refractivity contribution in [3.8, 4) is 18.1 Å². The topological polar surface area (TPSA) is 72.8 Å². The molecule has 0 fully saturated rings. The molecule has 152 valence electrons. The largest absolute Gasteiger partial charge is 0.470 e. The maximum Gasteiger partial charge on any atom is 0.272 e. The van der Waals surface area contributed by atoms with Crippen molar-refractivity contribution < 1.29 is 14.4 Å². The quantitative estimate of drug-likeness (QED) is 0.162. The number of hydrogen-bond donors (Lipinski definition) is 1. The highest BCUT2D eigenvalue weighted by molar-refractivity contribution is 7.99. The monoisotopic (exact) mass is 431 g/mol. The highest BCUT2D eigenvalue weighted by Gasteiger charge is 2.26. The lowest BCUT2D eigenvalue weighted by Gasteiger charge is -2.24. The van der Waals surface area contributed by atoms with Crippen molar-refractivity contribution >= 4 is 46.4 Å². The summed E-state index contributed by atoms with van der Waals surface area (Å²) in [5.74, 6) is 2.66. The van der Waals surface area contributed by atoms with Crippen LogP contribution >= 0.6 is 23.4 Å². The summed E-state index contributed by atoms with van der Waals surface area (Å²) in [6, 6.07) is 5.16. The van der Waals surface area contributed by atoms with E-state index in [1.165, 1.54) is 18.0 Å². The Hall–Kier alpha value is -2.69. The molecule has 29 heavy (non-hydrogen) atoms. The second kappa shape index (κ2) is 10.2. The van der Waals surface area contributed by atoms with Crippen LogP contribution in [0.25, 0.3) is 10.9 Å². The number of rotatable bonds is 9. The molecular formula is C21H22ClN3O3S. The second-order valence-corrected chi connectivity index (χ2v) is 7.87. The highest BCUT2D eigenvalue weighted by atomic mass is 35.5. The van der Waals surface area contributed by atoms with E-state index in [2.05, 4.69) is 28.0 Å². The van der Waals surface area contributed by atoms with Crippen LogP contribution in [0.2, 0.25) is 5.02 Å². The number of benzene rings is 1. The third kappa shape index (κ3) is 6.41. The normalized spacial score (nSPS) is 12.4. The van der Waals surface area contributed by atoms with E-state index in [9.17, 15) is 4.79 Å². The second-order valence-electron chi connectivity index (χ2n) is 6.56. The van der Waals surface area contributed by atoms with E-state index in [1.807, 2.05) is 0 Å². The smallest absolute Gasteiger partial charge is 0.272 e. The number of nitrogens with zero attached hydrogens (tertiary/aromatic N) is 2. The molecule has 1 heterocycles. The van der Waals surface area contributed by atoms with Crippen molar-refractivity contribution in [1.29, 1.82) is 0 Å². The molecule has 0 saturated heterocycles. The predicted molar refractivity (Wildman–Crippen MR) is 119 cm³/mol. The molecule has 6 nitrogen and oxygen atoms in total. The number of oxime groups is 1. The number of aromatic nitrogens is 1. The third-order valence-electron chi connectivity index (χ3n) is 3.64. The average molecular weight is 432 g/mol. The first-order valence-corrected chi connectivity index (χ1v) is 10.3. The minimum atomic E-state index is -0.797. The Bertz CT molecular complexity index is 970. The van der Waals surface area contributed by atoms with E-state index in [-0.39, 0.29) is 12.5 Å². The molecular weight excluding hydrogens is 410 g/mol. The zero-order valence-electron chi connectivity index (χ0n) is 16.4. The minimum absolute atomic E-state index is 0.288. The summed E-state index contributed by atoms with van der Waals surface area (Å²) in [5, 5.41) is 7.82. The van der Waals surface area contributed by atoms with E-state index in [0.717, 1.165) is 5.39 Å². The van der Waals surface area contributed by atoms with Gasteiger partial charge in [-0.2, -0.15) is 0 Å². The van der Waals surface area contributed by atoms with Gasteiger partial charge in [0.1, 0.15) is 12.4 Å². The number of ether oxygens (including phenoxy) is 1. The summed E-state index contributed by atoms with van der Waals surface area (Å²) in [5.41, 5.74) is -0.291. The number of fused-ring (bicyclic) bond motifs is 1. The molecule has 0 spiro atoms. The van der Waals surface area contributed by atoms with Crippen molar-refractivity contribution in [3.63, 3.8) is 0 Å². The molecule has 0 radical (unpaired) electrons. The van der Waals surface area contributed by atoms with Crippen molar-refractivity contribution in [2.45, 2.75) is 24.8 Å². The van der Waals surface area contributed by atoms with Crippen LogP contribution in [0.4, 0.5) is 0 Å². The molecule has 0 aliphatic rings. The minimum Gasteiger partial charge on any atom is -0.470 e. The van der Waals surface area contributed by atoms with E-state index in [4.69, 9.17) is 27.6 Å². The molecule has 0 bridgehead atoms. The van der Waals surface area contributed by atoms with E-state index in [1.54, 1.807) is 50.6 Å². The van der Waals surface area contributed by atoms with Gasteiger partial charge in [0, 0.05) is 23.2 Å². The van der Waals surface area contributed by atoms with Gasteiger partial charge in [0.2, 0.25) is 5.44 Å². The van der Waals surface area contributed by atoms with Crippen LogP contribution in [0.1, 0.15) is 19.4 Å². The number of thioether (sulfide) groups is 1. The van der Waals surface area contributed by atoms with Crippen molar-refractivity contribution in [1.82, 2.24) is 10.3 Å². The summed E-state index contributed by atoms with van der Waals surface area (Å²) in [7, 11) is 0. The molecule has 2 aromatic rings. The molecule has 1 unspecified atom stereocenters. The Balaban J connectivity index is 2.16.